The second-order valence-electron chi connectivity index (χ2n) is 11.6. The summed E-state index contributed by atoms with van der Waals surface area (Å²) in [5.41, 5.74) is 6.75. The normalized spacial score (nSPS) is 31.7. The predicted octanol–water partition coefficient (Wildman–Crippen LogP) is 4.25. The fourth-order valence-electron chi connectivity index (χ4n) is 6.41. The second-order valence-corrected chi connectivity index (χ2v) is 11.6. The maximum absolute atomic E-state index is 11.3. The highest BCUT2D eigenvalue weighted by atomic mass is 16.6. The lowest BCUT2D eigenvalue weighted by Crippen LogP contribution is -2.58. The van der Waals surface area contributed by atoms with E-state index in [4.69, 9.17) is 15.2 Å². The van der Waals surface area contributed by atoms with Gasteiger partial charge in [-0.25, -0.2) is 0 Å². The van der Waals surface area contributed by atoms with Gasteiger partial charge >= 0.3 is 0 Å². The van der Waals surface area contributed by atoms with Gasteiger partial charge in [0, 0.05) is 29.5 Å². The zero-order valence-corrected chi connectivity index (χ0v) is 22.2. The highest BCUT2D eigenvalue weighted by Crippen LogP contribution is 2.43. The Morgan fingerprint density at radius 1 is 1.08 bits per heavy atom. The lowest BCUT2D eigenvalue weighted by Gasteiger charge is -2.44. The minimum atomic E-state index is -1.50. The smallest absolute Gasteiger partial charge is 0.164 e. The average Bonchev–Trinajstić information content (AvgIpc) is 3.59. The van der Waals surface area contributed by atoms with Crippen molar-refractivity contribution in [3.63, 3.8) is 0 Å². The van der Waals surface area contributed by atoms with Gasteiger partial charge in [-0.2, -0.15) is 0 Å². The number of anilines is 1. The van der Waals surface area contributed by atoms with Gasteiger partial charge in [-0.3, -0.25) is 5.32 Å². The van der Waals surface area contributed by atoms with Crippen LogP contribution in [0.4, 0.5) is 5.82 Å². The molecule has 3 aliphatic rings. The van der Waals surface area contributed by atoms with Crippen LogP contribution in [0.1, 0.15) is 82.7 Å². The summed E-state index contributed by atoms with van der Waals surface area (Å²) in [6, 6.07) is 9.77. The molecule has 38 heavy (non-hydrogen) atoms. The van der Waals surface area contributed by atoms with Crippen molar-refractivity contribution < 1.29 is 19.7 Å². The summed E-state index contributed by atoms with van der Waals surface area (Å²) in [5.74, 6) is 1.53. The summed E-state index contributed by atoms with van der Waals surface area (Å²) >= 11 is 0. The van der Waals surface area contributed by atoms with Crippen molar-refractivity contribution in [1.82, 2.24) is 14.9 Å². The number of nitrogens with zero attached hydrogens (tertiary/aromatic N) is 1. The van der Waals surface area contributed by atoms with E-state index in [9.17, 15) is 10.2 Å². The molecule has 2 aromatic heterocycles. The number of nitrogens with two attached hydrogens (primary N) is 1. The first-order valence-electron chi connectivity index (χ1n) is 14.1. The van der Waals surface area contributed by atoms with Crippen LogP contribution in [0.5, 0.6) is 5.75 Å². The third kappa shape index (κ3) is 4.71. The molecule has 6 rings (SSSR count). The molecule has 0 radical (unpaired) electrons. The van der Waals surface area contributed by atoms with Crippen LogP contribution in [0.25, 0.3) is 10.9 Å². The molecule has 9 nitrogen and oxygen atoms in total. The maximum Gasteiger partial charge on any atom is 0.164 e. The Labute approximate surface area is 223 Å². The summed E-state index contributed by atoms with van der Waals surface area (Å²) in [6.45, 7) is 1.72. The van der Waals surface area contributed by atoms with E-state index in [0.717, 1.165) is 48.0 Å². The van der Waals surface area contributed by atoms with E-state index in [-0.39, 0.29) is 18.4 Å². The van der Waals surface area contributed by atoms with Crippen LogP contribution in [0.15, 0.2) is 42.7 Å². The van der Waals surface area contributed by atoms with Crippen molar-refractivity contribution in [2.24, 2.45) is 5.73 Å². The van der Waals surface area contributed by atoms with Crippen LogP contribution in [0.2, 0.25) is 0 Å². The monoisotopic (exact) mass is 523 g/mol. The fraction of sp³-hybridized carbons (Fsp3) is 0.586. The quantitative estimate of drug-likeness (QED) is 0.302. The number of aliphatic hydroxyl groups is 2. The first-order valence-corrected chi connectivity index (χ1v) is 14.1. The molecule has 1 aliphatic carbocycles. The standard InChI is InChI=1S/C29H41N5O4/c1-28(36)23(18-37-20-10-9-19-11-15-31-22(19)17-20)38-27(24(28)35)34-16-12-21-25(30)32-29(33-26(21)34)13-7-5-3-2-4-6-8-14-29/h9-12,15-17,23-25,27,31-33,35-36H,2-8,13-14,18,30H2,1H3/t23-,24+,25?,27-,28-/m1/s1. The zero-order chi connectivity index (χ0) is 26.3. The molecule has 1 aromatic carbocycles. The van der Waals surface area contributed by atoms with Gasteiger partial charge in [-0.1, -0.05) is 32.1 Å². The first kappa shape index (κ1) is 25.7. The zero-order valence-electron chi connectivity index (χ0n) is 22.2. The Balaban J connectivity index is 1.21. The van der Waals surface area contributed by atoms with Gasteiger partial charge in [0.25, 0.3) is 0 Å². The van der Waals surface area contributed by atoms with Crippen molar-refractivity contribution in [2.75, 3.05) is 11.9 Å². The summed E-state index contributed by atoms with van der Waals surface area (Å²) in [4.78, 5) is 3.18. The Morgan fingerprint density at radius 3 is 2.58 bits per heavy atom. The number of aliphatic hydroxyl groups excluding tert-OH is 1. The van der Waals surface area contributed by atoms with E-state index in [1.54, 1.807) is 6.92 Å². The van der Waals surface area contributed by atoms with Gasteiger partial charge < -0.3 is 40.3 Å². The van der Waals surface area contributed by atoms with Gasteiger partial charge in [-0.15, -0.1) is 0 Å². The van der Waals surface area contributed by atoms with E-state index >= 15 is 0 Å². The summed E-state index contributed by atoms with van der Waals surface area (Å²) in [6.07, 6.45) is 11.4. The second kappa shape index (κ2) is 10.2. The average molecular weight is 524 g/mol. The molecule has 1 spiro atoms. The topological polar surface area (TPSA) is 130 Å². The number of H-pyrrole nitrogens is 1. The Morgan fingerprint density at radius 2 is 1.82 bits per heavy atom. The SMILES string of the molecule is C[C@@]1(O)[C@@H](COc2ccc3cc[nH]c3c2)O[C@@H](n2ccc3c2NC2(CCCCCCCCC2)NC3N)[C@@H]1O. The number of rotatable bonds is 4. The summed E-state index contributed by atoms with van der Waals surface area (Å²) < 4.78 is 14.2. The molecule has 7 N–H and O–H groups in total. The van der Waals surface area contributed by atoms with Crippen LogP contribution in [0, 0.1) is 0 Å². The highest BCUT2D eigenvalue weighted by Gasteiger charge is 2.54. The Bertz CT molecular complexity index is 1240. The first-order chi connectivity index (χ1) is 18.4. The molecule has 1 unspecified atom stereocenters. The molecular weight excluding hydrogens is 482 g/mol. The molecule has 2 fully saturated rings. The van der Waals surface area contributed by atoms with E-state index in [0.29, 0.717) is 5.75 Å². The van der Waals surface area contributed by atoms with Gasteiger partial charge in [0.05, 0.1) is 11.8 Å². The minimum absolute atomic E-state index is 0.106. The Kier molecular flexibility index (Phi) is 6.90. The molecule has 2 aliphatic heterocycles. The van der Waals surface area contributed by atoms with Crippen molar-refractivity contribution >= 4 is 16.7 Å². The number of nitrogens with one attached hydrogen (secondary N) is 3. The van der Waals surface area contributed by atoms with Crippen LogP contribution in [0.3, 0.4) is 0 Å². The fourth-order valence-corrected chi connectivity index (χ4v) is 6.41. The van der Waals surface area contributed by atoms with Crippen LogP contribution < -0.4 is 21.1 Å². The molecule has 1 saturated carbocycles. The highest BCUT2D eigenvalue weighted by molar-refractivity contribution is 5.80. The number of benzene rings is 1. The minimum Gasteiger partial charge on any atom is -0.491 e. The molecular formula is C29H41N5O4. The lowest BCUT2D eigenvalue weighted by molar-refractivity contribution is -0.0765. The molecule has 3 aromatic rings. The largest absolute Gasteiger partial charge is 0.491 e. The van der Waals surface area contributed by atoms with Crippen molar-refractivity contribution in [3.8, 4) is 5.75 Å². The molecule has 0 amide bonds. The number of aromatic amines is 1. The number of hydrogen-bond acceptors (Lipinski definition) is 7. The van der Waals surface area contributed by atoms with Crippen molar-refractivity contribution in [2.45, 2.75) is 101 Å². The lowest BCUT2D eigenvalue weighted by atomic mass is 9.89. The summed E-state index contributed by atoms with van der Waals surface area (Å²) in [7, 11) is 0. The number of aromatic nitrogens is 2. The number of fused-ring (bicyclic) bond motifs is 2. The van der Waals surface area contributed by atoms with Crippen molar-refractivity contribution in [3.05, 3.63) is 48.3 Å². The van der Waals surface area contributed by atoms with Gasteiger partial charge in [0.15, 0.2) is 6.23 Å². The number of ether oxygens (including phenoxy) is 2. The van der Waals surface area contributed by atoms with Crippen LogP contribution in [-0.2, 0) is 4.74 Å². The third-order valence-corrected chi connectivity index (χ3v) is 8.80. The molecule has 206 valence electrons. The van der Waals surface area contributed by atoms with Gasteiger partial charge in [-0.05, 0) is 62.3 Å². The number of hydrogen-bond donors (Lipinski definition) is 6. The third-order valence-electron chi connectivity index (χ3n) is 8.80. The maximum atomic E-state index is 11.3. The Hall–Kier alpha value is -2.56. The predicted molar refractivity (Wildman–Crippen MR) is 147 cm³/mol. The van der Waals surface area contributed by atoms with E-state index in [1.165, 1.54) is 32.1 Å². The van der Waals surface area contributed by atoms with E-state index < -0.39 is 24.0 Å². The van der Waals surface area contributed by atoms with Crippen molar-refractivity contribution in [1.29, 1.82) is 0 Å². The van der Waals surface area contributed by atoms with Crippen LogP contribution in [-0.4, -0.2) is 49.8 Å². The van der Waals surface area contributed by atoms with Gasteiger partial charge in [0.1, 0.15) is 36.0 Å². The molecule has 0 bridgehead atoms. The van der Waals surface area contributed by atoms with Gasteiger partial charge in [0.2, 0.25) is 0 Å². The molecule has 1 saturated heterocycles. The van der Waals surface area contributed by atoms with E-state index in [2.05, 4.69) is 15.6 Å². The summed E-state index contributed by atoms with van der Waals surface area (Å²) in [5, 5.41) is 31.1. The molecule has 9 heteroatoms. The molecule has 4 heterocycles. The molecule has 5 atom stereocenters. The van der Waals surface area contributed by atoms with Crippen LogP contribution >= 0.6 is 0 Å². The van der Waals surface area contributed by atoms with E-state index in [1.807, 2.05) is 47.3 Å².